The molecule has 1 aromatic rings. The van der Waals surface area contributed by atoms with Crippen LogP contribution >= 0.6 is 22.6 Å². The van der Waals surface area contributed by atoms with Crippen molar-refractivity contribution in [1.29, 1.82) is 0 Å². The van der Waals surface area contributed by atoms with Crippen LogP contribution in [0.25, 0.3) is 0 Å². The Labute approximate surface area is 118 Å². The van der Waals surface area contributed by atoms with Crippen LogP contribution in [-0.4, -0.2) is 29.2 Å². The lowest BCUT2D eigenvalue weighted by Crippen LogP contribution is -2.19. The Morgan fingerprint density at radius 1 is 1.28 bits per heavy atom. The first-order chi connectivity index (χ1) is 8.39. The molecule has 0 spiro atoms. The van der Waals surface area contributed by atoms with Gasteiger partial charge in [0.15, 0.2) is 0 Å². The van der Waals surface area contributed by atoms with Crippen molar-refractivity contribution < 1.29 is 17.9 Å². The van der Waals surface area contributed by atoms with Crippen LogP contribution in [0.1, 0.15) is 25.2 Å². The molecule has 0 N–H and O–H groups in total. The molecule has 0 saturated carbocycles. The van der Waals surface area contributed by atoms with E-state index >= 15 is 0 Å². The van der Waals surface area contributed by atoms with Crippen molar-refractivity contribution in [2.75, 3.05) is 13.2 Å². The highest BCUT2D eigenvalue weighted by molar-refractivity contribution is 14.1. The molecule has 1 rings (SSSR count). The highest BCUT2D eigenvalue weighted by Gasteiger charge is 2.27. The molecule has 0 aliphatic carbocycles. The van der Waals surface area contributed by atoms with Gasteiger partial charge in [-0.2, -0.15) is 18.3 Å². The lowest BCUT2D eigenvalue weighted by molar-refractivity contribution is -0.174. The van der Waals surface area contributed by atoms with Crippen molar-refractivity contribution in [1.82, 2.24) is 9.78 Å². The average Bonchev–Trinajstić information content (AvgIpc) is 2.59. The summed E-state index contributed by atoms with van der Waals surface area (Å²) in [6, 6.07) is 0. The first kappa shape index (κ1) is 15.7. The SMILES string of the molecule is CCc1nn(CCOCC(F)(F)F)c(CC)c1I. The minimum atomic E-state index is -4.26. The monoisotopic (exact) mass is 376 g/mol. The quantitative estimate of drug-likeness (QED) is 0.563. The molecule has 18 heavy (non-hydrogen) atoms. The second kappa shape index (κ2) is 6.74. The number of halogens is 4. The van der Waals surface area contributed by atoms with Crippen LogP contribution in [0.4, 0.5) is 13.2 Å². The number of rotatable bonds is 6. The second-order valence-electron chi connectivity index (χ2n) is 3.81. The Hall–Kier alpha value is -0.310. The van der Waals surface area contributed by atoms with Gasteiger partial charge in [0.05, 0.1) is 28.1 Å². The summed E-state index contributed by atoms with van der Waals surface area (Å²) in [6.45, 7) is 3.19. The van der Waals surface area contributed by atoms with Gasteiger partial charge in [-0.25, -0.2) is 0 Å². The van der Waals surface area contributed by atoms with Crippen LogP contribution in [0.3, 0.4) is 0 Å². The molecule has 104 valence electrons. The second-order valence-corrected chi connectivity index (χ2v) is 4.88. The molecule has 0 saturated heterocycles. The maximum Gasteiger partial charge on any atom is 0.411 e. The van der Waals surface area contributed by atoms with Crippen molar-refractivity contribution in [3.8, 4) is 0 Å². The summed E-state index contributed by atoms with van der Waals surface area (Å²) >= 11 is 2.23. The third-order valence-electron chi connectivity index (χ3n) is 2.44. The van der Waals surface area contributed by atoms with Crippen LogP contribution < -0.4 is 0 Å². The van der Waals surface area contributed by atoms with Crippen molar-refractivity contribution in [3.63, 3.8) is 0 Å². The molecule has 0 amide bonds. The van der Waals surface area contributed by atoms with E-state index < -0.39 is 12.8 Å². The molecule has 0 atom stereocenters. The molecule has 0 aromatic carbocycles. The summed E-state index contributed by atoms with van der Waals surface area (Å²) < 4.78 is 43.2. The van der Waals surface area contributed by atoms with Crippen molar-refractivity contribution in [2.45, 2.75) is 39.4 Å². The van der Waals surface area contributed by atoms with Crippen LogP contribution in [0.5, 0.6) is 0 Å². The molecule has 1 aromatic heterocycles. The van der Waals surface area contributed by atoms with E-state index in [4.69, 9.17) is 0 Å². The Kier molecular flexibility index (Phi) is 5.90. The first-order valence-corrected chi connectivity index (χ1v) is 6.85. The van der Waals surface area contributed by atoms with Crippen LogP contribution in [-0.2, 0) is 24.1 Å². The Morgan fingerprint density at radius 3 is 2.44 bits per heavy atom. The first-order valence-electron chi connectivity index (χ1n) is 5.77. The van der Waals surface area contributed by atoms with Gasteiger partial charge in [0, 0.05) is 0 Å². The lowest BCUT2D eigenvalue weighted by Gasteiger charge is -2.09. The van der Waals surface area contributed by atoms with Gasteiger partial charge in [0.25, 0.3) is 0 Å². The minimum absolute atomic E-state index is 0.0213. The maximum atomic E-state index is 11.9. The summed E-state index contributed by atoms with van der Waals surface area (Å²) in [7, 11) is 0. The molecule has 0 bridgehead atoms. The van der Waals surface area contributed by atoms with Gasteiger partial charge in [0.1, 0.15) is 6.61 Å². The van der Waals surface area contributed by atoms with E-state index in [1.54, 1.807) is 4.68 Å². The van der Waals surface area contributed by atoms with E-state index in [1.807, 2.05) is 13.8 Å². The molecule has 3 nitrogen and oxygen atoms in total. The molecule has 1 heterocycles. The summed E-state index contributed by atoms with van der Waals surface area (Å²) in [4.78, 5) is 0. The zero-order valence-corrected chi connectivity index (χ0v) is 12.5. The normalized spacial score (nSPS) is 12.1. The number of aromatic nitrogens is 2. The Bertz CT molecular complexity index is 390. The fourth-order valence-electron chi connectivity index (χ4n) is 1.62. The topological polar surface area (TPSA) is 27.1 Å². The molecule has 0 aliphatic rings. The Balaban J connectivity index is 2.57. The fourth-order valence-corrected chi connectivity index (χ4v) is 2.77. The highest BCUT2D eigenvalue weighted by Crippen LogP contribution is 2.18. The average molecular weight is 376 g/mol. The van der Waals surface area contributed by atoms with Crippen LogP contribution in [0.15, 0.2) is 0 Å². The predicted molar refractivity (Wildman–Crippen MR) is 70.6 cm³/mol. The molecular formula is C11H16F3IN2O. The number of nitrogens with zero attached hydrogens (tertiary/aromatic N) is 2. The zero-order valence-electron chi connectivity index (χ0n) is 10.4. The summed E-state index contributed by atoms with van der Waals surface area (Å²) in [5.41, 5.74) is 2.05. The molecule has 0 fully saturated rings. The molecule has 0 aliphatic heterocycles. The van der Waals surface area contributed by atoms with E-state index in [0.717, 1.165) is 27.8 Å². The molecular weight excluding hydrogens is 360 g/mol. The van der Waals surface area contributed by atoms with E-state index in [0.29, 0.717) is 6.54 Å². The van der Waals surface area contributed by atoms with Crippen LogP contribution in [0.2, 0.25) is 0 Å². The standard InChI is InChI=1S/C11H16F3IN2O/c1-3-8-10(15)9(4-2)17(16-8)5-6-18-7-11(12,13)14/h3-7H2,1-2H3. The van der Waals surface area contributed by atoms with E-state index in [9.17, 15) is 13.2 Å². The number of ether oxygens (including phenoxy) is 1. The minimum Gasteiger partial charge on any atom is -0.370 e. The lowest BCUT2D eigenvalue weighted by atomic mass is 10.2. The number of alkyl halides is 3. The van der Waals surface area contributed by atoms with E-state index in [2.05, 4.69) is 32.4 Å². The van der Waals surface area contributed by atoms with Crippen molar-refractivity contribution >= 4 is 22.6 Å². The summed E-state index contributed by atoms with van der Waals surface area (Å²) in [5, 5.41) is 4.38. The highest BCUT2D eigenvalue weighted by atomic mass is 127. The van der Waals surface area contributed by atoms with Gasteiger partial charge in [-0.05, 0) is 35.4 Å². The van der Waals surface area contributed by atoms with E-state index in [1.165, 1.54) is 0 Å². The number of hydrogen-bond acceptors (Lipinski definition) is 2. The third kappa shape index (κ3) is 4.42. The predicted octanol–water partition coefficient (Wildman–Crippen LogP) is 3.19. The number of hydrogen-bond donors (Lipinski definition) is 0. The van der Waals surface area contributed by atoms with Crippen molar-refractivity contribution in [2.24, 2.45) is 0 Å². The number of aryl methyl sites for hydroxylation is 1. The van der Waals surface area contributed by atoms with Gasteiger partial charge in [-0.3, -0.25) is 4.68 Å². The van der Waals surface area contributed by atoms with Crippen molar-refractivity contribution in [3.05, 3.63) is 15.0 Å². The summed E-state index contributed by atoms with van der Waals surface area (Å²) in [5.74, 6) is 0. The van der Waals surface area contributed by atoms with Gasteiger partial charge < -0.3 is 4.74 Å². The molecule has 0 radical (unpaired) electrons. The van der Waals surface area contributed by atoms with Gasteiger partial charge in [-0.1, -0.05) is 13.8 Å². The molecule has 0 unspecified atom stereocenters. The Morgan fingerprint density at radius 2 is 1.94 bits per heavy atom. The maximum absolute atomic E-state index is 11.9. The van der Waals surface area contributed by atoms with E-state index in [-0.39, 0.29) is 6.61 Å². The third-order valence-corrected chi connectivity index (χ3v) is 3.69. The van der Waals surface area contributed by atoms with Gasteiger partial charge >= 0.3 is 6.18 Å². The fraction of sp³-hybridized carbons (Fsp3) is 0.727. The van der Waals surface area contributed by atoms with Gasteiger partial charge in [-0.15, -0.1) is 0 Å². The van der Waals surface area contributed by atoms with Gasteiger partial charge in [0.2, 0.25) is 0 Å². The largest absolute Gasteiger partial charge is 0.411 e. The van der Waals surface area contributed by atoms with Crippen LogP contribution in [0, 0.1) is 3.57 Å². The molecule has 7 heteroatoms. The summed E-state index contributed by atoms with van der Waals surface area (Å²) in [6.07, 6.45) is -2.63. The smallest absolute Gasteiger partial charge is 0.370 e. The zero-order chi connectivity index (χ0) is 13.8.